The maximum absolute atomic E-state index is 12.3. The van der Waals surface area contributed by atoms with Crippen LogP contribution in [0.25, 0.3) is 0 Å². The fraction of sp³-hybridized carbons (Fsp3) is 0.188. The second-order valence-electron chi connectivity index (χ2n) is 4.90. The van der Waals surface area contributed by atoms with E-state index in [1.165, 1.54) is 30.3 Å². The van der Waals surface area contributed by atoms with E-state index in [1.807, 2.05) is 0 Å². The van der Waals surface area contributed by atoms with Crippen molar-refractivity contribution in [2.24, 2.45) is 0 Å². The van der Waals surface area contributed by atoms with E-state index in [9.17, 15) is 26.7 Å². The molecule has 0 unspecified atom stereocenters. The van der Waals surface area contributed by atoms with Crippen molar-refractivity contribution >= 4 is 23.2 Å². The highest BCUT2D eigenvalue weighted by Crippen LogP contribution is 2.30. The zero-order valence-electron chi connectivity index (χ0n) is 12.8. The van der Waals surface area contributed by atoms with Gasteiger partial charge in [-0.1, -0.05) is 11.6 Å². The Morgan fingerprint density at radius 2 is 1.77 bits per heavy atom. The van der Waals surface area contributed by atoms with Gasteiger partial charge in [0.25, 0.3) is 5.91 Å². The summed E-state index contributed by atoms with van der Waals surface area (Å²) >= 11 is 5.79. The molecule has 1 N–H and O–H groups in total. The number of alkyl halides is 5. The van der Waals surface area contributed by atoms with Gasteiger partial charge in [-0.05, 0) is 42.5 Å². The monoisotopic (exact) mass is 395 g/mol. The molecule has 0 spiro atoms. The van der Waals surface area contributed by atoms with Crippen molar-refractivity contribution in [2.45, 2.75) is 12.8 Å². The highest BCUT2D eigenvalue weighted by molar-refractivity contribution is 6.31. The number of carbonyl (C=O) groups excluding carboxylic acids is 1. The third kappa shape index (κ3) is 6.07. The third-order valence-corrected chi connectivity index (χ3v) is 3.16. The summed E-state index contributed by atoms with van der Waals surface area (Å²) in [4.78, 5) is 12.2. The van der Waals surface area contributed by atoms with Gasteiger partial charge in [0.15, 0.2) is 6.61 Å². The Hall–Kier alpha value is -2.55. The summed E-state index contributed by atoms with van der Waals surface area (Å²) in [6.07, 6.45) is -4.55. The van der Waals surface area contributed by atoms with Gasteiger partial charge in [-0.25, -0.2) is 0 Å². The van der Waals surface area contributed by atoms with Gasteiger partial charge in [-0.15, -0.1) is 0 Å². The molecule has 0 bridgehead atoms. The summed E-state index contributed by atoms with van der Waals surface area (Å²) in [5.41, 5.74) is -0.00646. The van der Waals surface area contributed by atoms with E-state index >= 15 is 0 Å². The highest BCUT2D eigenvalue weighted by Gasteiger charge is 2.29. The molecule has 0 fully saturated rings. The van der Waals surface area contributed by atoms with Crippen LogP contribution in [0, 0.1) is 0 Å². The minimum atomic E-state index is -4.55. The summed E-state index contributed by atoms with van der Waals surface area (Å²) in [5.74, 6) is -1.07. The molecule has 0 aliphatic carbocycles. The Bertz CT molecular complexity index is 765. The van der Waals surface area contributed by atoms with E-state index in [1.54, 1.807) is 0 Å². The van der Waals surface area contributed by atoms with Crippen molar-refractivity contribution < 1.29 is 36.2 Å². The fourth-order valence-corrected chi connectivity index (χ4v) is 2.04. The van der Waals surface area contributed by atoms with E-state index in [-0.39, 0.29) is 27.8 Å². The number of halogens is 6. The largest absolute Gasteiger partial charge is 0.482 e. The molecular weight excluding hydrogens is 385 g/mol. The molecule has 2 rings (SSSR count). The summed E-state index contributed by atoms with van der Waals surface area (Å²) in [6.45, 7) is -4.55. The van der Waals surface area contributed by atoms with Crippen LogP contribution in [0.4, 0.5) is 27.6 Å². The predicted octanol–water partition coefficient (Wildman–Crippen LogP) is 5.13. The molecule has 2 aromatic carbocycles. The standard InChI is InChI=1S/C16H11ClF5NO3/c17-10-3-6-13(25-8-16(20,21)22)12(7-10)23-14(24)9-1-4-11(5-2-9)26-15(18)19/h1-7,15H,8H2,(H,23,24). The minimum absolute atomic E-state index is 0.0633. The second-order valence-corrected chi connectivity index (χ2v) is 5.34. The van der Waals surface area contributed by atoms with Crippen molar-refractivity contribution in [1.29, 1.82) is 0 Å². The average molecular weight is 396 g/mol. The molecule has 4 nitrogen and oxygen atoms in total. The Morgan fingerprint density at radius 3 is 2.35 bits per heavy atom. The Balaban J connectivity index is 2.13. The first-order valence-corrected chi connectivity index (χ1v) is 7.37. The van der Waals surface area contributed by atoms with Gasteiger partial charge < -0.3 is 14.8 Å². The van der Waals surface area contributed by atoms with Crippen molar-refractivity contribution in [2.75, 3.05) is 11.9 Å². The summed E-state index contributed by atoms with van der Waals surface area (Å²) in [6, 6.07) is 8.45. The molecule has 0 aliphatic rings. The first kappa shape index (κ1) is 19.8. The molecule has 2 aromatic rings. The SMILES string of the molecule is O=C(Nc1cc(Cl)ccc1OCC(F)(F)F)c1ccc(OC(F)F)cc1. The number of hydrogen-bond donors (Lipinski definition) is 1. The van der Waals surface area contributed by atoms with E-state index < -0.39 is 25.3 Å². The molecule has 26 heavy (non-hydrogen) atoms. The second kappa shape index (κ2) is 8.22. The molecule has 0 saturated heterocycles. The lowest BCUT2D eigenvalue weighted by Crippen LogP contribution is -2.20. The van der Waals surface area contributed by atoms with Crippen LogP contribution in [0.3, 0.4) is 0 Å². The lowest BCUT2D eigenvalue weighted by Gasteiger charge is -2.14. The van der Waals surface area contributed by atoms with Crippen LogP contribution in [0.15, 0.2) is 42.5 Å². The molecular formula is C16H11ClF5NO3. The summed E-state index contributed by atoms with van der Waals surface area (Å²) in [5, 5.41) is 2.53. The Kier molecular flexibility index (Phi) is 6.25. The number of ether oxygens (including phenoxy) is 2. The zero-order chi connectivity index (χ0) is 19.3. The van der Waals surface area contributed by atoms with E-state index in [4.69, 9.17) is 11.6 Å². The van der Waals surface area contributed by atoms with Gasteiger partial charge in [0.2, 0.25) is 0 Å². The topological polar surface area (TPSA) is 47.6 Å². The molecule has 0 atom stereocenters. The predicted molar refractivity (Wildman–Crippen MR) is 84.0 cm³/mol. The van der Waals surface area contributed by atoms with Crippen molar-refractivity contribution in [3.8, 4) is 11.5 Å². The maximum Gasteiger partial charge on any atom is 0.422 e. The van der Waals surface area contributed by atoms with Crippen LogP contribution < -0.4 is 14.8 Å². The first-order chi connectivity index (χ1) is 12.1. The number of hydrogen-bond acceptors (Lipinski definition) is 3. The summed E-state index contributed by atoms with van der Waals surface area (Å²) in [7, 11) is 0. The lowest BCUT2D eigenvalue weighted by atomic mass is 10.2. The number of benzene rings is 2. The fourth-order valence-electron chi connectivity index (χ4n) is 1.87. The number of anilines is 1. The van der Waals surface area contributed by atoms with Gasteiger partial charge in [0.1, 0.15) is 11.5 Å². The van der Waals surface area contributed by atoms with Crippen LogP contribution in [0.5, 0.6) is 11.5 Å². The van der Waals surface area contributed by atoms with Gasteiger partial charge in [0.05, 0.1) is 5.69 Å². The third-order valence-electron chi connectivity index (χ3n) is 2.92. The van der Waals surface area contributed by atoms with Crippen LogP contribution in [0.2, 0.25) is 5.02 Å². The van der Waals surface area contributed by atoms with E-state index in [0.717, 1.165) is 12.1 Å². The van der Waals surface area contributed by atoms with Crippen LogP contribution in [-0.2, 0) is 0 Å². The van der Waals surface area contributed by atoms with E-state index in [2.05, 4.69) is 14.8 Å². The number of amides is 1. The maximum atomic E-state index is 12.3. The molecule has 10 heteroatoms. The van der Waals surface area contributed by atoms with Crippen LogP contribution in [-0.4, -0.2) is 25.3 Å². The molecule has 0 radical (unpaired) electrons. The smallest absolute Gasteiger partial charge is 0.422 e. The number of rotatable bonds is 6. The van der Waals surface area contributed by atoms with Crippen LogP contribution in [0.1, 0.15) is 10.4 Å². The van der Waals surface area contributed by atoms with Gasteiger partial charge in [0, 0.05) is 10.6 Å². The minimum Gasteiger partial charge on any atom is -0.482 e. The number of carbonyl (C=O) groups is 1. The van der Waals surface area contributed by atoms with Crippen molar-refractivity contribution in [3.63, 3.8) is 0 Å². The normalized spacial score (nSPS) is 11.3. The molecule has 0 heterocycles. The first-order valence-electron chi connectivity index (χ1n) is 6.99. The lowest BCUT2D eigenvalue weighted by molar-refractivity contribution is -0.153. The molecule has 1 amide bonds. The Labute approximate surface area is 149 Å². The average Bonchev–Trinajstić information content (AvgIpc) is 2.53. The van der Waals surface area contributed by atoms with Gasteiger partial charge in [-0.3, -0.25) is 4.79 Å². The molecule has 140 valence electrons. The quantitative estimate of drug-likeness (QED) is 0.689. The molecule has 0 saturated carbocycles. The van der Waals surface area contributed by atoms with Crippen LogP contribution >= 0.6 is 11.6 Å². The highest BCUT2D eigenvalue weighted by atomic mass is 35.5. The van der Waals surface area contributed by atoms with Crippen molar-refractivity contribution in [1.82, 2.24) is 0 Å². The van der Waals surface area contributed by atoms with Crippen molar-refractivity contribution in [3.05, 3.63) is 53.1 Å². The summed E-state index contributed by atoms with van der Waals surface area (Å²) < 4.78 is 69.9. The Morgan fingerprint density at radius 1 is 1.12 bits per heavy atom. The number of nitrogens with one attached hydrogen (secondary N) is 1. The van der Waals surface area contributed by atoms with Gasteiger partial charge in [-0.2, -0.15) is 22.0 Å². The van der Waals surface area contributed by atoms with E-state index in [0.29, 0.717) is 0 Å². The van der Waals surface area contributed by atoms with Gasteiger partial charge >= 0.3 is 12.8 Å². The molecule has 0 aromatic heterocycles. The zero-order valence-corrected chi connectivity index (χ0v) is 13.6. The molecule has 0 aliphatic heterocycles.